The van der Waals surface area contributed by atoms with Gasteiger partial charge in [0.05, 0.1) is 6.33 Å². The van der Waals surface area contributed by atoms with Crippen LogP contribution in [0.5, 0.6) is 0 Å². The van der Waals surface area contributed by atoms with Gasteiger partial charge in [-0.15, -0.1) is 6.58 Å². The molecule has 1 aromatic rings. The summed E-state index contributed by atoms with van der Waals surface area (Å²) >= 11 is 0. The van der Waals surface area contributed by atoms with E-state index in [1.54, 1.807) is 0 Å². The van der Waals surface area contributed by atoms with Gasteiger partial charge < -0.3 is 4.57 Å². The second-order valence-electron chi connectivity index (χ2n) is 4.00. The Morgan fingerprint density at radius 2 is 1.80 bits per heavy atom. The quantitative estimate of drug-likeness (QED) is 0.444. The van der Waals surface area contributed by atoms with E-state index in [1.165, 1.54) is 44.9 Å². The van der Waals surface area contributed by atoms with Crippen molar-refractivity contribution in [2.45, 2.75) is 51.5 Å². The molecule has 0 radical (unpaired) electrons. The lowest BCUT2D eigenvalue weighted by atomic mass is 10.1. The molecular weight excluding hydrogens is 184 g/mol. The molecule has 0 bridgehead atoms. The summed E-state index contributed by atoms with van der Waals surface area (Å²) in [4.78, 5) is 4.02. The van der Waals surface area contributed by atoms with E-state index >= 15 is 0 Å². The lowest BCUT2D eigenvalue weighted by molar-refractivity contribution is 0.553. The highest BCUT2D eigenvalue weighted by atomic mass is 15.0. The van der Waals surface area contributed by atoms with E-state index in [-0.39, 0.29) is 0 Å². The van der Waals surface area contributed by atoms with Crippen LogP contribution in [0.1, 0.15) is 44.9 Å². The van der Waals surface area contributed by atoms with E-state index in [2.05, 4.69) is 16.1 Å². The van der Waals surface area contributed by atoms with Crippen molar-refractivity contribution in [3.05, 3.63) is 31.4 Å². The highest BCUT2D eigenvalue weighted by Gasteiger charge is 1.92. The van der Waals surface area contributed by atoms with Gasteiger partial charge in [-0.3, -0.25) is 0 Å². The monoisotopic (exact) mass is 206 g/mol. The Hall–Kier alpha value is -1.05. The number of hydrogen-bond donors (Lipinski definition) is 0. The van der Waals surface area contributed by atoms with Crippen molar-refractivity contribution in [3.8, 4) is 0 Å². The third kappa shape index (κ3) is 6.10. The standard InChI is InChI=1S/C13H22N2/c1-2-3-4-5-6-7-8-9-11-15-12-10-14-13-15/h2,10,12-13H,1,3-9,11H2. The van der Waals surface area contributed by atoms with Crippen LogP contribution in [0.4, 0.5) is 0 Å². The molecule has 0 fully saturated rings. The molecule has 84 valence electrons. The zero-order chi connectivity index (χ0) is 10.8. The Morgan fingerprint density at radius 3 is 2.47 bits per heavy atom. The number of rotatable bonds is 9. The van der Waals surface area contributed by atoms with Crippen LogP contribution in [0, 0.1) is 0 Å². The van der Waals surface area contributed by atoms with Gasteiger partial charge in [0.15, 0.2) is 0 Å². The topological polar surface area (TPSA) is 17.8 Å². The number of imidazole rings is 1. The van der Waals surface area contributed by atoms with Gasteiger partial charge in [0.1, 0.15) is 0 Å². The molecule has 1 rings (SSSR count). The van der Waals surface area contributed by atoms with E-state index in [0.29, 0.717) is 0 Å². The minimum absolute atomic E-state index is 1.12. The fraction of sp³-hybridized carbons (Fsp3) is 0.615. The lowest BCUT2D eigenvalue weighted by Crippen LogP contribution is -1.93. The summed E-state index contributed by atoms with van der Waals surface area (Å²) in [6.45, 7) is 4.85. The summed E-state index contributed by atoms with van der Waals surface area (Å²) in [6.07, 6.45) is 17.0. The highest BCUT2D eigenvalue weighted by Crippen LogP contribution is 2.08. The van der Waals surface area contributed by atoms with Crippen molar-refractivity contribution >= 4 is 0 Å². The van der Waals surface area contributed by atoms with Crippen LogP contribution in [0.3, 0.4) is 0 Å². The maximum absolute atomic E-state index is 4.02. The smallest absolute Gasteiger partial charge is 0.0945 e. The fourth-order valence-corrected chi connectivity index (χ4v) is 1.71. The Labute approximate surface area is 93.0 Å². The van der Waals surface area contributed by atoms with Gasteiger partial charge in [0.25, 0.3) is 0 Å². The van der Waals surface area contributed by atoms with Crippen molar-refractivity contribution in [2.75, 3.05) is 0 Å². The summed E-state index contributed by atoms with van der Waals surface area (Å²) in [5, 5.41) is 0. The zero-order valence-corrected chi connectivity index (χ0v) is 9.57. The molecule has 2 heteroatoms. The minimum Gasteiger partial charge on any atom is -0.337 e. The number of aromatic nitrogens is 2. The van der Waals surface area contributed by atoms with Gasteiger partial charge in [0, 0.05) is 18.9 Å². The predicted octanol–water partition coefficient (Wildman–Crippen LogP) is 3.80. The number of aryl methyl sites for hydroxylation is 1. The molecule has 1 heterocycles. The molecule has 0 unspecified atom stereocenters. The normalized spacial score (nSPS) is 10.4. The van der Waals surface area contributed by atoms with Crippen LogP contribution in [-0.4, -0.2) is 9.55 Å². The van der Waals surface area contributed by atoms with Crippen molar-refractivity contribution in [2.24, 2.45) is 0 Å². The molecule has 1 aromatic heterocycles. The van der Waals surface area contributed by atoms with Gasteiger partial charge in [-0.1, -0.05) is 31.8 Å². The number of nitrogens with zero attached hydrogens (tertiary/aromatic N) is 2. The molecule has 0 saturated carbocycles. The molecule has 0 aliphatic heterocycles. The maximum Gasteiger partial charge on any atom is 0.0945 e. The molecule has 0 atom stereocenters. The van der Waals surface area contributed by atoms with Crippen LogP contribution in [-0.2, 0) is 6.54 Å². The zero-order valence-electron chi connectivity index (χ0n) is 9.57. The SMILES string of the molecule is C=CCCCCCCCCn1ccnc1. The summed E-state index contributed by atoms with van der Waals surface area (Å²) < 4.78 is 2.15. The second kappa shape index (κ2) is 8.27. The van der Waals surface area contributed by atoms with Gasteiger partial charge in [0.2, 0.25) is 0 Å². The second-order valence-corrected chi connectivity index (χ2v) is 4.00. The van der Waals surface area contributed by atoms with Gasteiger partial charge >= 0.3 is 0 Å². The first-order valence-corrected chi connectivity index (χ1v) is 6.00. The first-order valence-electron chi connectivity index (χ1n) is 6.00. The molecular formula is C13H22N2. The lowest BCUT2D eigenvalue weighted by Gasteiger charge is -2.02. The Balaban J connectivity index is 1.83. The third-order valence-electron chi connectivity index (χ3n) is 2.63. The average molecular weight is 206 g/mol. The van der Waals surface area contributed by atoms with Gasteiger partial charge in [-0.05, 0) is 19.3 Å². The number of allylic oxidation sites excluding steroid dienone is 1. The highest BCUT2D eigenvalue weighted by molar-refractivity contribution is 4.73. The summed E-state index contributed by atoms with van der Waals surface area (Å²) in [5.74, 6) is 0. The van der Waals surface area contributed by atoms with Crippen LogP contribution in [0.2, 0.25) is 0 Å². The molecule has 0 spiro atoms. The minimum atomic E-state index is 1.12. The van der Waals surface area contributed by atoms with Crippen molar-refractivity contribution in [3.63, 3.8) is 0 Å². The molecule has 2 nitrogen and oxygen atoms in total. The first kappa shape index (κ1) is 12.0. The van der Waals surface area contributed by atoms with Crippen molar-refractivity contribution in [1.29, 1.82) is 0 Å². The molecule has 0 aromatic carbocycles. The van der Waals surface area contributed by atoms with Crippen LogP contribution >= 0.6 is 0 Å². The molecule has 0 N–H and O–H groups in total. The van der Waals surface area contributed by atoms with E-state index in [0.717, 1.165) is 6.54 Å². The van der Waals surface area contributed by atoms with E-state index in [1.807, 2.05) is 24.8 Å². The van der Waals surface area contributed by atoms with E-state index < -0.39 is 0 Å². The number of unbranched alkanes of at least 4 members (excludes halogenated alkanes) is 6. The summed E-state index contributed by atoms with van der Waals surface area (Å²) in [5.41, 5.74) is 0. The first-order chi connectivity index (χ1) is 7.43. The summed E-state index contributed by atoms with van der Waals surface area (Å²) in [6, 6.07) is 0. The summed E-state index contributed by atoms with van der Waals surface area (Å²) in [7, 11) is 0. The van der Waals surface area contributed by atoms with Crippen LogP contribution in [0.25, 0.3) is 0 Å². The van der Waals surface area contributed by atoms with Gasteiger partial charge in [-0.25, -0.2) is 4.98 Å². The van der Waals surface area contributed by atoms with Crippen molar-refractivity contribution in [1.82, 2.24) is 9.55 Å². The van der Waals surface area contributed by atoms with Crippen molar-refractivity contribution < 1.29 is 0 Å². The third-order valence-corrected chi connectivity index (χ3v) is 2.63. The van der Waals surface area contributed by atoms with Crippen LogP contribution < -0.4 is 0 Å². The van der Waals surface area contributed by atoms with Gasteiger partial charge in [-0.2, -0.15) is 0 Å². The molecule has 0 amide bonds. The fourth-order valence-electron chi connectivity index (χ4n) is 1.71. The predicted molar refractivity (Wildman–Crippen MR) is 64.7 cm³/mol. The Kier molecular flexibility index (Phi) is 6.63. The molecule has 0 aliphatic rings. The Morgan fingerprint density at radius 1 is 1.07 bits per heavy atom. The van der Waals surface area contributed by atoms with E-state index in [9.17, 15) is 0 Å². The molecule has 0 aliphatic carbocycles. The molecule has 15 heavy (non-hydrogen) atoms. The van der Waals surface area contributed by atoms with E-state index in [4.69, 9.17) is 0 Å². The largest absolute Gasteiger partial charge is 0.337 e. The molecule has 0 saturated heterocycles. The van der Waals surface area contributed by atoms with Crippen LogP contribution in [0.15, 0.2) is 31.4 Å². The Bertz CT molecular complexity index is 239. The maximum atomic E-state index is 4.02. The number of hydrogen-bond acceptors (Lipinski definition) is 1. The average Bonchev–Trinajstić information content (AvgIpc) is 2.75.